The fourth-order valence-electron chi connectivity index (χ4n) is 3.36. The Morgan fingerprint density at radius 1 is 1.15 bits per heavy atom. The van der Waals surface area contributed by atoms with Crippen LogP contribution in [-0.4, -0.2) is 28.0 Å². The molecule has 0 unspecified atom stereocenters. The Labute approximate surface area is 159 Å². The number of aromatic nitrogens is 1. The Balaban J connectivity index is 1.63. The number of nitrogens with one attached hydrogen (secondary N) is 1. The van der Waals surface area contributed by atoms with Crippen LogP contribution in [0.1, 0.15) is 28.9 Å². The average Bonchev–Trinajstić information content (AvgIpc) is 3.42. The highest BCUT2D eigenvalue weighted by Gasteiger charge is 2.32. The number of hydrogen-bond donors (Lipinski definition) is 2. The van der Waals surface area contributed by atoms with E-state index in [1.54, 1.807) is 12.3 Å². The highest BCUT2D eigenvalue weighted by Crippen LogP contribution is 2.34. The van der Waals surface area contributed by atoms with E-state index in [9.17, 15) is 9.59 Å². The summed E-state index contributed by atoms with van der Waals surface area (Å²) in [4.78, 5) is 29.2. The van der Waals surface area contributed by atoms with Crippen LogP contribution in [0.2, 0.25) is 0 Å². The number of amides is 1. The quantitative estimate of drug-likeness (QED) is 0.694. The summed E-state index contributed by atoms with van der Waals surface area (Å²) in [6, 6.07) is 13.0. The summed E-state index contributed by atoms with van der Waals surface area (Å²) in [7, 11) is 0. The molecule has 0 saturated heterocycles. The second-order valence-electron chi connectivity index (χ2n) is 6.56. The van der Waals surface area contributed by atoms with Gasteiger partial charge >= 0.3 is 5.97 Å². The first-order valence-corrected chi connectivity index (χ1v) is 9.57. The molecule has 2 heterocycles. The normalized spacial score (nSPS) is 19.1. The lowest BCUT2D eigenvalue weighted by Gasteiger charge is -2.12. The first-order valence-electron chi connectivity index (χ1n) is 8.75. The fourth-order valence-corrected chi connectivity index (χ4v) is 4.32. The Morgan fingerprint density at radius 3 is 2.63 bits per heavy atom. The lowest BCUT2D eigenvalue weighted by atomic mass is 10.1. The summed E-state index contributed by atoms with van der Waals surface area (Å²) in [6.45, 7) is 0. The van der Waals surface area contributed by atoms with Crippen molar-refractivity contribution >= 4 is 23.2 Å². The van der Waals surface area contributed by atoms with E-state index in [0.29, 0.717) is 40.6 Å². The number of carbonyl (C=O) groups is 2. The van der Waals surface area contributed by atoms with Crippen LogP contribution in [0.5, 0.6) is 0 Å². The molecule has 1 aliphatic rings. The number of thiazole rings is 1. The monoisotopic (exact) mass is 382 g/mol. The second kappa shape index (κ2) is 7.36. The maximum atomic E-state index is 12.9. The minimum Gasteiger partial charge on any atom is -0.481 e. The zero-order valence-corrected chi connectivity index (χ0v) is 15.2. The Bertz CT molecular complexity index is 950. The molecular weight excluding hydrogens is 364 g/mol. The SMILES string of the molecule is O=C(N[C@H]1CC[C@@H](C(=O)O)C1)c1sc(-c2ccco2)nc1-c1ccccc1. The first kappa shape index (κ1) is 17.5. The molecule has 1 saturated carbocycles. The summed E-state index contributed by atoms with van der Waals surface area (Å²) in [6.07, 6.45) is 3.30. The van der Waals surface area contributed by atoms with Crippen LogP contribution in [0, 0.1) is 5.92 Å². The van der Waals surface area contributed by atoms with E-state index < -0.39 is 5.97 Å². The summed E-state index contributed by atoms with van der Waals surface area (Å²) < 4.78 is 5.43. The van der Waals surface area contributed by atoms with Crippen molar-refractivity contribution in [3.05, 3.63) is 53.6 Å². The standard InChI is InChI=1S/C20H18N2O4S/c23-18(21-14-9-8-13(11-14)20(24)25)17-16(12-5-2-1-3-6-12)22-19(27-17)15-7-4-10-26-15/h1-7,10,13-14H,8-9,11H2,(H,21,23)(H,24,25)/t13-,14+/m1/s1. The Kier molecular flexibility index (Phi) is 4.77. The molecule has 0 radical (unpaired) electrons. The third-order valence-electron chi connectivity index (χ3n) is 4.73. The van der Waals surface area contributed by atoms with Crippen LogP contribution < -0.4 is 5.32 Å². The maximum Gasteiger partial charge on any atom is 0.306 e. The molecule has 0 spiro atoms. The molecular formula is C20H18N2O4S. The van der Waals surface area contributed by atoms with Crippen LogP contribution in [-0.2, 0) is 4.79 Å². The van der Waals surface area contributed by atoms with Gasteiger partial charge in [-0.15, -0.1) is 11.3 Å². The van der Waals surface area contributed by atoms with Gasteiger partial charge in [-0.25, -0.2) is 4.98 Å². The molecule has 2 N–H and O–H groups in total. The van der Waals surface area contributed by atoms with Gasteiger partial charge in [-0.3, -0.25) is 9.59 Å². The zero-order chi connectivity index (χ0) is 18.8. The molecule has 1 aromatic carbocycles. The van der Waals surface area contributed by atoms with Crippen molar-refractivity contribution in [1.82, 2.24) is 10.3 Å². The van der Waals surface area contributed by atoms with Gasteiger partial charge in [-0.2, -0.15) is 0 Å². The molecule has 4 rings (SSSR count). The molecule has 27 heavy (non-hydrogen) atoms. The van der Waals surface area contributed by atoms with Crippen molar-refractivity contribution in [3.63, 3.8) is 0 Å². The molecule has 6 nitrogen and oxygen atoms in total. The van der Waals surface area contributed by atoms with Crippen LogP contribution in [0.25, 0.3) is 22.0 Å². The van der Waals surface area contributed by atoms with E-state index in [0.717, 1.165) is 5.56 Å². The highest BCUT2D eigenvalue weighted by atomic mass is 32.1. The fraction of sp³-hybridized carbons (Fsp3) is 0.250. The number of furan rings is 1. The van der Waals surface area contributed by atoms with E-state index in [1.165, 1.54) is 11.3 Å². The van der Waals surface area contributed by atoms with Gasteiger partial charge in [0.1, 0.15) is 4.88 Å². The van der Waals surface area contributed by atoms with Gasteiger partial charge in [-0.1, -0.05) is 30.3 Å². The van der Waals surface area contributed by atoms with Crippen molar-refractivity contribution in [2.75, 3.05) is 0 Å². The zero-order valence-electron chi connectivity index (χ0n) is 14.4. The molecule has 0 bridgehead atoms. The smallest absolute Gasteiger partial charge is 0.306 e. The number of benzene rings is 1. The van der Waals surface area contributed by atoms with Gasteiger partial charge in [0.15, 0.2) is 10.8 Å². The van der Waals surface area contributed by atoms with Gasteiger partial charge in [-0.05, 0) is 31.4 Å². The van der Waals surface area contributed by atoms with E-state index >= 15 is 0 Å². The molecule has 3 aromatic rings. The topological polar surface area (TPSA) is 92.4 Å². The van der Waals surface area contributed by atoms with Crippen LogP contribution in [0.4, 0.5) is 0 Å². The number of rotatable bonds is 5. The summed E-state index contributed by atoms with van der Waals surface area (Å²) in [5.74, 6) is -0.790. The number of carboxylic acid groups (broad SMARTS) is 1. The lowest BCUT2D eigenvalue weighted by Crippen LogP contribution is -2.33. The van der Waals surface area contributed by atoms with E-state index in [-0.39, 0.29) is 17.9 Å². The number of hydrogen-bond acceptors (Lipinski definition) is 5. The van der Waals surface area contributed by atoms with Gasteiger partial charge in [0.05, 0.1) is 17.9 Å². The number of carbonyl (C=O) groups excluding carboxylic acids is 1. The van der Waals surface area contributed by atoms with E-state index in [4.69, 9.17) is 9.52 Å². The lowest BCUT2D eigenvalue weighted by molar-refractivity contribution is -0.141. The molecule has 0 aliphatic heterocycles. The summed E-state index contributed by atoms with van der Waals surface area (Å²) >= 11 is 1.28. The third-order valence-corrected chi connectivity index (χ3v) is 5.80. The first-order chi connectivity index (χ1) is 13.1. The predicted octanol–water partition coefficient (Wildman–Crippen LogP) is 4.05. The molecule has 1 aliphatic carbocycles. The van der Waals surface area contributed by atoms with Crippen molar-refractivity contribution in [2.45, 2.75) is 25.3 Å². The van der Waals surface area contributed by atoms with Gasteiger partial charge in [0, 0.05) is 11.6 Å². The predicted molar refractivity (Wildman–Crippen MR) is 101 cm³/mol. The number of carboxylic acids is 1. The Hall–Kier alpha value is -2.93. The molecule has 138 valence electrons. The maximum absolute atomic E-state index is 12.9. The molecule has 1 fully saturated rings. The second-order valence-corrected chi connectivity index (χ2v) is 7.56. The average molecular weight is 382 g/mol. The van der Waals surface area contributed by atoms with Crippen LogP contribution in [0.3, 0.4) is 0 Å². The number of aliphatic carboxylic acids is 1. The largest absolute Gasteiger partial charge is 0.481 e. The Morgan fingerprint density at radius 2 is 1.96 bits per heavy atom. The summed E-state index contributed by atoms with van der Waals surface area (Å²) in [5.41, 5.74) is 1.46. The van der Waals surface area contributed by atoms with Crippen LogP contribution in [0.15, 0.2) is 53.1 Å². The minimum absolute atomic E-state index is 0.128. The summed E-state index contributed by atoms with van der Waals surface area (Å²) in [5, 5.41) is 12.8. The number of nitrogens with zero attached hydrogens (tertiary/aromatic N) is 1. The molecule has 7 heteroatoms. The van der Waals surface area contributed by atoms with Crippen molar-refractivity contribution < 1.29 is 19.1 Å². The van der Waals surface area contributed by atoms with Crippen LogP contribution >= 0.6 is 11.3 Å². The van der Waals surface area contributed by atoms with E-state index in [1.807, 2.05) is 36.4 Å². The van der Waals surface area contributed by atoms with Gasteiger partial charge in [0.25, 0.3) is 5.91 Å². The van der Waals surface area contributed by atoms with Crippen molar-refractivity contribution in [1.29, 1.82) is 0 Å². The van der Waals surface area contributed by atoms with E-state index in [2.05, 4.69) is 10.3 Å². The minimum atomic E-state index is -0.797. The van der Waals surface area contributed by atoms with Gasteiger partial charge < -0.3 is 14.8 Å². The highest BCUT2D eigenvalue weighted by molar-refractivity contribution is 7.17. The molecule has 2 atom stereocenters. The van der Waals surface area contributed by atoms with Crippen molar-refractivity contribution in [3.8, 4) is 22.0 Å². The van der Waals surface area contributed by atoms with Crippen molar-refractivity contribution in [2.24, 2.45) is 5.92 Å². The molecule has 2 aromatic heterocycles. The van der Waals surface area contributed by atoms with Gasteiger partial charge in [0.2, 0.25) is 0 Å². The third kappa shape index (κ3) is 3.64. The molecule has 1 amide bonds.